The smallest absolute Gasteiger partial charge is 0.272 e. The molecule has 1 aliphatic rings. The highest BCUT2D eigenvalue weighted by Crippen LogP contribution is 2.28. The van der Waals surface area contributed by atoms with Gasteiger partial charge < -0.3 is 14.7 Å². The predicted octanol–water partition coefficient (Wildman–Crippen LogP) is 4.90. The van der Waals surface area contributed by atoms with Gasteiger partial charge in [-0.25, -0.2) is 13.8 Å². The highest BCUT2D eigenvalue weighted by molar-refractivity contribution is 6.30. The fraction of sp³-hybridized carbons (Fsp3) is 0.480. The van der Waals surface area contributed by atoms with Crippen molar-refractivity contribution in [2.75, 3.05) is 31.1 Å². The highest BCUT2D eigenvalue weighted by atomic mass is 35.5. The lowest BCUT2D eigenvalue weighted by molar-refractivity contribution is -0.118. The molecular weight excluding hydrogens is 462 g/mol. The average molecular weight is 493 g/mol. The van der Waals surface area contributed by atoms with Gasteiger partial charge in [0.25, 0.3) is 5.91 Å². The lowest BCUT2D eigenvalue weighted by Crippen LogP contribution is -2.40. The summed E-state index contributed by atoms with van der Waals surface area (Å²) in [5.41, 5.74) is 0.886. The quantitative estimate of drug-likeness (QED) is 0.611. The van der Waals surface area contributed by atoms with Crippen molar-refractivity contribution in [1.82, 2.24) is 14.8 Å². The number of pyridine rings is 1. The molecule has 0 unspecified atom stereocenters. The fourth-order valence-corrected chi connectivity index (χ4v) is 4.28. The predicted molar refractivity (Wildman–Crippen MR) is 129 cm³/mol. The molecule has 0 radical (unpaired) electrons. The molecule has 0 saturated carbocycles. The maximum atomic E-state index is 14.3. The zero-order chi connectivity index (χ0) is 24.8. The minimum absolute atomic E-state index is 0.0187. The van der Waals surface area contributed by atoms with Gasteiger partial charge in [0.2, 0.25) is 5.91 Å². The maximum Gasteiger partial charge on any atom is 0.272 e. The first-order valence-electron chi connectivity index (χ1n) is 11.6. The van der Waals surface area contributed by atoms with E-state index in [2.05, 4.69) is 23.7 Å². The molecule has 0 spiro atoms. The van der Waals surface area contributed by atoms with Gasteiger partial charge in [0, 0.05) is 57.4 Å². The summed E-state index contributed by atoms with van der Waals surface area (Å²) in [5.74, 6) is -2.56. The molecule has 2 heterocycles. The van der Waals surface area contributed by atoms with Crippen LogP contribution in [0.1, 0.15) is 56.1 Å². The summed E-state index contributed by atoms with van der Waals surface area (Å²) in [6.07, 6.45) is 3.02. The van der Waals surface area contributed by atoms with Crippen molar-refractivity contribution < 1.29 is 18.4 Å². The number of carbonyl (C=O) groups is 2. The van der Waals surface area contributed by atoms with E-state index in [0.717, 1.165) is 25.2 Å². The summed E-state index contributed by atoms with van der Waals surface area (Å²) in [6.45, 7) is 8.25. The van der Waals surface area contributed by atoms with Crippen LogP contribution in [-0.2, 0) is 11.3 Å². The molecule has 0 bridgehead atoms. The molecular formula is C25H31ClF2N4O2. The zero-order valence-electron chi connectivity index (χ0n) is 19.9. The number of benzene rings is 1. The molecule has 0 saturated heterocycles. The zero-order valence-corrected chi connectivity index (χ0v) is 20.6. The third-order valence-electron chi connectivity index (χ3n) is 6.04. The number of carbonyl (C=O) groups excluding carboxylic acids is 2. The monoisotopic (exact) mass is 492 g/mol. The highest BCUT2D eigenvalue weighted by Gasteiger charge is 2.25. The van der Waals surface area contributed by atoms with E-state index < -0.39 is 11.6 Å². The van der Waals surface area contributed by atoms with Crippen molar-refractivity contribution in [2.24, 2.45) is 0 Å². The molecule has 1 aliphatic heterocycles. The molecule has 1 aromatic carbocycles. The number of hydrogen-bond donors (Lipinski definition) is 0. The molecule has 184 valence electrons. The van der Waals surface area contributed by atoms with Crippen LogP contribution in [0.15, 0.2) is 30.5 Å². The second-order valence-electron chi connectivity index (χ2n) is 8.72. The molecule has 6 nitrogen and oxygen atoms in total. The van der Waals surface area contributed by atoms with Crippen molar-refractivity contribution in [3.05, 3.63) is 58.4 Å². The summed E-state index contributed by atoms with van der Waals surface area (Å²) in [4.78, 5) is 35.7. The van der Waals surface area contributed by atoms with E-state index in [4.69, 9.17) is 11.6 Å². The van der Waals surface area contributed by atoms with Gasteiger partial charge in [-0.1, -0.05) is 18.5 Å². The van der Waals surface area contributed by atoms with Crippen molar-refractivity contribution in [3.8, 4) is 0 Å². The number of fused-ring (bicyclic) bond motifs is 1. The Balaban J connectivity index is 2.05. The normalized spacial score (nSPS) is 16.1. The van der Waals surface area contributed by atoms with Gasteiger partial charge >= 0.3 is 0 Å². The first kappa shape index (κ1) is 26.0. The van der Waals surface area contributed by atoms with Crippen LogP contribution in [0.2, 0.25) is 5.02 Å². The minimum atomic E-state index is -1.03. The van der Waals surface area contributed by atoms with Crippen LogP contribution in [0.5, 0.6) is 0 Å². The SMILES string of the molecule is CCC(=O)N1CCCN(C(C)C)CCCN(C(=O)c2ccc(Cl)cn2)Cc2cc(F)c(F)cc21. The van der Waals surface area contributed by atoms with E-state index >= 15 is 0 Å². The molecule has 3 rings (SSSR count). The molecule has 9 heteroatoms. The largest absolute Gasteiger partial charge is 0.333 e. The number of rotatable bonds is 3. The Hall–Kier alpha value is -2.58. The van der Waals surface area contributed by atoms with Gasteiger partial charge in [-0.15, -0.1) is 0 Å². The van der Waals surface area contributed by atoms with Crippen molar-refractivity contribution in [1.29, 1.82) is 0 Å². The average Bonchev–Trinajstić information content (AvgIpc) is 2.80. The van der Waals surface area contributed by atoms with E-state index in [1.165, 1.54) is 11.1 Å². The molecule has 2 amide bonds. The summed E-state index contributed by atoms with van der Waals surface area (Å²) in [6, 6.07) is 5.57. The molecule has 0 atom stereocenters. The van der Waals surface area contributed by atoms with Crippen molar-refractivity contribution in [3.63, 3.8) is 0 Å². The number of anilines is 1. The molecule has 0 fully saturated rings. The molecule has 2 aromatic rings. The first-order chi connectivity index (χ1) is 16.2. The second-order valence-corrected chi connectivity index (χ2v) is 9.16. The fourth-order valence-electron chi connectivity index (χ4n) is 4.17. The van der Waals surface area contributed by atoms with Crippen LogP contribution in [0, 0.1) is 11.6 Å². The topological polar surface area (TPSA) is 56.8 Å². The number of hydrogen-bond acceptors (Lipinski definition) is 4. The van der Waals surface area contributed by atoms with Crippen LogP contribution in [0.4, 0.5) is 14.5 Å². The van der Waals surface area contributed by atoms with E-state index in [0.29, 0.717) is 48.2 Å². The Morgan fingerprint density at radius 1 is 1.06 bits per heavy atom. The Morgan fingerprint density at radius 3 is 2.35 bits per heavy atom. The molecule has 1 aromatic heterocycles. The summed E-state index contributed by atoms with van der Waals surface area (Å²) in [5, 5.41) is 0.412. The van der Waals surface area contributed by atoms with E-state index in [-0.39, 0.29) is 30.5 Å². The minimum Gasteiger partial charge on any atom is -0.333 e. The molecule has 0 aliphatic carbocycles. The number of amides is 2. The summed E-state index contributed by atoms with van der Waals surface area (Å²) < 4.78 is 28.6. The third kappa shape index (κ3) is 6.30. The van der Waals surface area contributed by atoms with Crippen LogP contribution in [0.25, 0.3) is 0 Å². The third-order valence-corrected chi connectivity index (χ3v) is 6.27. The summed E-state index contributed by atoms with van der Waals surface area (Å²) >= 11 is 5.92. The van der Waals surface area contributed by atoms with Crippen LogP contribution < -0.4 is 4.90 Å². The van der Waals surface area contributed by atoms with Gasteiger partial charge in [-0.3, -0.25) is 9.59 Å². The molecule has 0 N–H and O–H groups in total. The van der Waals surface area contributed by atoms with Crippen molar-refractivity contribution in [2.45, 2.75) is 52.6 Å². The van der Waals surface area contributed by atoms with Crippen molar-refractivity contribution >= 4 is 29.1 Å². The maximum absolute atomic E-state index is 14.3. The molecule has 34 heavy (non-hydrogen) atoms. The van der Waals surface area contributed by atoms with Gasteiger partial charge in [0.15, 0.2) is 11.6 Å². The van der Waals surface area contributed by atoms with Crippen LogP contribution in [-0.4, -0.2) is 58.8 Å². The number of halogens is 3. The lowest BCUT2D eigenvalue weighted by atomic mass is 10.1. The van der Waals surface area contributed by atoms with Gasteiger partial charge in [0.05, 0.1) is 10.7 Å². The Kier molecular flexibility index (Phi) is 8.97. The number of nitrogens with zero attached hydrogens (tertiary/aromatic N) is 4. The standard InChI is InChI=1S/C25H31ClF2N4O2/c1-4-24(33)32-12-6-10-30(17(2)3)9-5-11-31(25(34)22-8-7-19(26)15-29-22)16-18-13-20(27)21(28)14-23(18)32/h7-8,13-15,17H,4-6,9-12,16H2,1-3H3. The van der Waals surface area contributed by atoms with Gasteiger partial charge in [-0.2, -0.15) is 0 Å². The van der Waals surface area contributed by atoms with Gasteiger partial charge in [0.1, 0.15) is 5.69 Å². The summed E-state index contributed by atoms with van der Waals surface area (Å²) in [7, 11) is 0. The lowest BCUT2D eigenvalue weighted by Gasteiger charge is -2.33. The Bertz CT molecular complexity index is 1020. The van der Waals surface area contributed by atoms with Gasteiger partial charge in [-0.05, 0) is 50.5 Å². The van der Waals surface area contributed by atoms with Crippen LogP contribution in [0.3, 0.4) is 0 Å². The van der Waals surface area contributed by atoms with E-state index in [9.17, 15) is 18.4 Å². The van der Waals surface area contributed by atoms with Crippen LogP contribution >= 0.6 is 11.6 Å². The Labute approximate surface area is 204 Å². The second kappa shape index (κ2) is 11.7. The van der Waals surface area contributed by atoms with E-state index in [1.54, 1.807) is 24.0 Å². The number of aromatic nitrogens is 1. The Morgan fingerprint density at radius 2 is 1.74 bits per heavy atom. The first-order valence-corrected chi connectivity index (χ1v) is 12.0. The van der Waals surface area contributed by atoms with E-state index in [1.807, 2.05) is 0 Å².